The Balaban J connectivity index is 1.43. The Morgan fingerprint density at radius 2 is 1.84 bits per heavy atom. The number of aromatic nitrogens is 1. The van der Waals surface area contributed by atoms with Crippen molar-refractivity contribution in [3.63, 3.8) is 0 Å². The molecule has 1 unspecified atom stereocenters. The molecule has 1 N–H and O–H groups in total. The molecule has 1 atom stereocenters. The third-order valence-corrected chi connectivity index (χ3v) is 5.31. The molecule has 1 saturated heterocycles. The third kappa shape index (κ3) is 5.28. The van der Waals surface area contributed by atoms with E-state index in [1.165, 1.54) is 22.8 Å². The highest BCUT2D eigenvalue weighted by Crippen LogP contribution is 2.22. The van der Waals surface area contributed by atoms with Crippen LogP contribution in [0.1, 0.15) is 27.9 Å². The van der Waals surface area contributed by atoms with E-state index in [1.54, 1.807) is 42.6 Å². The summed E-state index contributed by atoms with van der Waals surface area (Å²) in [4.78, 5) is 26.7. The van der Waals surface area contributed by atoms with Gasteiger partial charge < -0.3 is 19.0 Å². The van der Waals surface area contributed by atoms with Crippen molar-refractivity contribution in [3.8, 4) is 0 Å². The predicted molar refractivity (Wildman–Crippen MR) is 112 cm³/mol. The van der Waals surface area contributed by atoms with Crippen LogP contribution in [0.25, 0.3) is 0 Å². The maximum atomic E-state index is 13.4. The number of benzene rings is 1. The van der Waals surface area contributed by atoms with Gasteiger partial charge in [0.2, 0.25) is 0 Å². The van der Waals surface area contributed by atoms with Gasteiger partial charge in [0.15, 0.2) is 5.76 Å². The number of carbonyl (C=O) groups excluding carboxylic acids is 1. The van der Waals surface area contributed by atoms with Gasteiger partial charge in [0.05, 0.1) is 25.8 Å². The first-order valence-electron chi connectivity index (χ1n) is 10.2. The van der Waals surface area contributed by atoms with Crippen LogP contribution in [-0.4, -0.2) is 48.2 Å². The summed E-state index contributed by atoms with van der Waals surface area (Å²) in [7, 11) is 0. The smallest absolute Gasteiger partial charge is 0.287 e. The van der Waals surface area contributed by atoms with Crippen LogP contribution in [0.15, 0.2) is 70.0 Å². The van der Waals surface area contributed by atoms with Gasteiger partial charge in [-0.3, -0.25) is 14.5 Å². The average molecular weight is 425 g/mol. The molecule has 7 nitrogen and oxygen atoms in total. The number of hydrogen-bond acceptors (Lipinski definition) is 5. The number of carbonyl (C=O) groups is 1. The molecule has 0 aliphatic carbocycles. The molecular formula is C23H24FN3O4. The average Bonchev–Trinajstić information content (AvgIpc) is 3.26. The molecule has 3 aromatic rings. The minimum atomic E-state index is -0.341. The standard InChI is InChI=1S/C23H24FN3O4/c24-18-6-4-17(5-7-18)20(26-11-13-30-14-12-26)15-25-23(29)21-9-8-19(31-21)16-27-10-2-1-3-22(27)28/h1-10,20H,11-16H2,(H,25,29). The second-order valence-corrected chi connectivity index (χ2v) is 7.36. The van der Waals surface area contributed by atoms with Crippen molar-refractivity contribution in [1.29, 1.82) is 0 Å². The monoisotopic (exact) mass is 425 g/mol. The molecule has 1 aliphatic rings. The number of nitrogens with zero attached hydrogens (tertiary/aromatic N) is 2. The number of halogens is 1. The molecule has 162 valence electrons. The lowest BCUT2D eigenvalue weighted by molar-refractivity contribution is 0.0161. The molecule has 3 heterocycles. The molecule has 4 rings (SSSR count). The van der Waals surface area contributed by atoms with Crippen molar-refractivity contribution in [3.05, 3.63) is 94.0 Å². The first kappa shape index (κ1) is 21.0. The fourth-order valence-electron chi connectivity index (χ4n) is 3.65. The summed E-state index contributed by atoms with van der Waals surface area (Å²) >= 11 is 0. The van der Waals surface area contributed by atoms with E-state index < -0.39 is 0 Å². The van der Waals surface area contributed by atoms with Gasteiger partial charge in [-0.15, -0.1) is 0 Å². The molecule has 1 aromatic carbocycles. The Labute approximate surface area is 179 Å². The maximum Gasteiger partial charge on any atom is 0.287 e. The quantitative estimate of drug-likeness (QED) is 0.629. The van der Waals surface area contributed by atoms with Gasteiger partial charge in [-0.1, -0.05) is 18.2 Å². The van der Waals surface area contributed by atoms with Crippen LogP contribution in [0, 0.1) is 5.82 Å². The Hall–Kier alpha value is -3.23. The lowest BCUT2D eigenvalue weighted by Crippen LogP contribution is -2.43. The molecular weight excluding hydrogens is 401 g/mol. The zero-order valence-corrected chi connectivity index (χ0v) is 17.0. The van der Waals surface area contributed by atoms with Crippen LogP contribution in [0.2, 0.25) is 0 Å². The largest absolute Gasteiger partial charge is 0.454 e. The fraction of sp³-hybridized carbons (Fsp3) is 0.304. The van der Waals surface area contributed by atoms with Crippen molar-refractivity contribution in [2.45, 2.75) is 12.6 Å². The maximum absolute atomic E-state index is 13.4. The number of rotatable bonds is 7. The minimum Gasteiger partial charge on any atom is -0.454 e. The van der Waals surface area contributed by atoms with E-state index in [-0.39, 0.29) is 35.6 Å². The highest BCUT2D eigenvalue weighted by molar-refractivity contribution is 5.91. The van der Waals surface area contributed by atoms with E-state index in [0.29, 0.717) is 25.5 Å². The Kier molecular flexibility index (Phi) is 6.59. The first-order chi connectivity index (χ1) is 15.1. The van der Waals surface area contributed by atoms with E-state index in [0.717, 1.165) is 18.7 Å². The number of ether oxygens (including phenoxy) is 1. The molecule has 31 heavy (non-hydrogen) atoms. The van der Waals surface area contributed by atoms with Gasteiger partial charge >= 0.3 is 0 Å². The fourth-order valence-corrected chi connectivity index (χ4v) is 3.65. The zero-order valence-electron chi connectivity index (χ0n) is 17.0. The second kappa shape index (κ2) is 9.72. The molecule has 8 heteroatoms. The Morgan fingerprint density at radius 3 is 2.58 bits per heavy atom. The van der Waals surface area contributed by atoms with E-state index in [9.17, 15) is 14.0 Å². The van der Waals surface area contributed by atoms with Gasteiger partial charge in [-0.2, -0.15) is 0 Å². The van der Waals surface area contributed by atoms with Crippen molar-refractivity contribution >= 4 is 5.91 Å². The van der Waals surface area contributed by atoms with E-state index in [4.69, 9.17) is 9.15 Å². The van der Waals surface area contributed by atoms with E-state index >= 15 is 0 Å². The van der Waals surface area contributed by atoms with Crippen LogP contribution in [-0.2, 0) is 11.3 Å². The highest BCUT2D eigenvalue weighted by Gasteiger charge is 2.24. The number of furan rings is 1. The molecule has 0 radical (unpaired) electrons. The molecule has 1 amide bonds. The molecule has 0 saturated carbocycles. The number of pyridine rings is 1. The summed E-state index contributed by atoms with van der Waals surface area (Å²) < 4.78 is 26.0. The van der Waals surface area contributed by atoms with Crippen molar-refractivity contribution < 1.29 is 18.3 Å². The Bertz CT molecular complexity index is 1070. The van der Waals surface area contributed by atoms with E-state index in [2.05, 4.69) is 10.2 Å². The van der Waals surface area contributed by atoms with Crippen molar-refractivity contribution in [2.75, 3.05) is 32.8 Å². The van der Waals surface area contributed by atoms with Gasteiger partial charge in [-0.25, -0.2) is 4.39 Å². The van der Waals surface area contributed by atoms with Crippen LogP contribution in [0.4, 0.5) is 4.39 Å². The molecule has 2 aromatic heterocycles. The number of amides is 1. The minimum absolute atomic E-state index is 0.106. The van der Waals surface area contributed by atoms with Crippen LogP contribution < -0.4 is 10.9 Å². The molecule has 1 aliphatic heterocycles. The Morgan fingerprint density at radius 1 is 1.06 bits per heavy atom. The van der Waals surface area contributed by atoms with Crippen molar-refractivity contribution in [2.24, 2.45) is 0 Å². The summed E-state index contributed by atoms with van der Waals surface area (Å²) in [6, 6.07) is 14.4. The van der Waals surface area contributed by atoms with Gasteiger partial charge in [0, 0.05) is 31.9 Å². The number of hydrogen-bond donors (Lipinski definition) is 1. The van der Waals surface area contributed by atoms with Crippen LogP contribution in [0.3, 0.4) is 0 Å². The van der Waals surface area contributed by atoms with Crippen molar-refractivity contribution in [1.82, 2.24) is 14.8 Å². The summed E-state index contributed by atoms with van der Waals surface area (Å²) in [5, 5.41) is 2.92. The lowest BCUT2D eigenvalue weighted by atomic mass is 10.0. The highest BCUT2D eigenvalue weighted by atomic mass is 19.1. The first-order valence-corrected chi connectivity index (χ1v) is 10.2. The van der Waals surface area contributed by atoms with Gasteiger partial charge in [-0.05, 0) is 35.9 Å². The second-order valence-electron chi connectivity index (χ2n) is 7.36. The molecule has 0 bridgehead atoms. The molecule has 1 fully saturated rings. The summed E-state index contributed by atoms with van der Waals surface area (Å²) in [5.74, 6) is 0.0571. The summed E-state index contributed by atoms with van der Waals surface area (Å²) in [6.07, 6.45) is 1.67. The van der Waals surface area contributed by atoms with Crippen LogP contribution >= 0.6 is 0 Å². The lowest BCUT2D eigenvalue weighted by Gasteiger charge is -2.34. The summed E-state index contributed by atoms with van der Waals surface area (Å²) in [5.41, 5.74) is 0.782. The number of nitrogens with one attached hydrogen (secondary N) is 1. The van der Waals surface area contributed by atoms with Crippen LogP contribution in [0.5, 0.6) is 0 Å². The summed E-state index contributed by atoms with van der Waals surface area (Å²) in [6.45, 7) is 3.29. The van der Waals surface area contributed by atoms with E-state index in [1.807, 2.05) is 0 Å². The normalized spacial score (nSPS) is 15.5. The SMILES string of the molecule is O=C(NCC(c1ccc(F)cc1)N1CCOCC1)c1ccc(Cn2ccccc2=O)o1. The number of morpholine rings is 1. The predicted octanol–water partition coefficient (Wildman–Crippen LogP) is 2.43. The third-order valence-electron chi connectivity index (χ3n) is 5.31. The van der Waals surface area contributed by atoms with Gasteiger partial charge in [0.25, 0.3) is 11.5 Å². The zero-order chi connectivity index (χ0) is 21.6. The van der Waals surface area contributed by atoms with Gasteiger partial charge in [0.1, 0.15) is 11.6 Å². The molecule has 0 spiro atoms. The topological polar surface area (TPSA) is 76.7 Å².